The molecule has 3 atom stereocenters. The van der Waals surface area contributed by atoms with E-state index in [0.29, 0.717) is 48.4 Å². The number of ether oxygens (including phenoxy) is 2. The molecule has 1 saturated heterocycles. The lowest BCUT2D eigenvalue weighted by molar-refractivity contribution is -0.136. The number of carbonyl (C=O) groups is 1. The first-order valence-corrected chi connectivity index (χ1v) is 12.9. The highest BCUT2D eigenvalue weighted by Crippen LogP contribution is 2.26. The summed E-state index contributed by atoms with van der Waals surface area (Å²) in [7, 11) is 5.44. The highest BCUT2D eigenvalue weighted by atomic mass is 19.1. The van der Waals surface area contributed by atoms with E-state index in [1.165, 1.54) is 6.07 Å². The number of methoxy groups -OCH3 is 1. The molecule has 2 aromatic carbocycles. The lowest BCUT2D eigenvalue weighted by Crippen LogP contribution is -2.49. The lowest BCUT2D eigenvalue weighted by atomic mass is 10.00. The smallest absolute Gasteiger partial charge is 0.408 e. The van der Waals surface area contributed by atoms with Gasteiger partial charge in [0.15, 0.2) is 5.58 Å². The van der Waals surface area contributed by atoms with Gasteiger partial charge in [-0.3, -0.25) is 9.36 Å². The molecule has 2 heterocycles. The van der Waals surface area contributed by atoms with Gasteiger partial charge in [-0.1, -0.05) is 18.2 Å². The number of carbonyl (C=O) groups excluding carboxylic acids is 1. The van der Waals surface area contributed by atoms with E-state index in [2.05, 4.69) is 10.6 Å². The highest BCUT2D eigenvalue weighted by molar-refractivity contribution is 5.82. The average molecular weight is 540 g/mol. The van der Waals surface area contributed by atoms with Gasteiger partial charge >= 0.3 is 5.76 Å². The third-order valence-corrected chi connectivity index (χ3v) is 6.80. The van der Waals surface area contributed by atoms with Crippen LogP contribution >= 0.6 is 0 Å². The average Bonchev–Trinajstić information content (AvgIpc) is 3.22. The number of hydrogen-bond acceptors (Lipinski definition) is 8. The summed E-state index contributed by atoms with van der Waals surface area (Å²) in [5.74, 6) is -1.36. The van der Waals surface area contributed by atoms with Crippen molar-refractivity contribution in [1.82, 2.24) is 20.1 Å². The van der Waals surface area contributed by atoms with Gasteiger partial charge < -0.3 is 29.4 Å². The molecule has 3 aromatic rings. The van der Waals surface area contributed by atoms with E-state index < -0.39 is 29.6 Å². The number of oxazole rings is 1. The van der Waals surface area contributed by atoms with Crippen molar-refractivity contribution in [1.29, 1.82) is 5.26 Å². The van der Waals surface area contributed by atoms with Crippen LogP contribution in [0.4, 0.5) is 4.39 Å². The largest absolute Gasteiger partial charge is 0.419 e. The van der Waals surface area contributed by atoms with Crippen molar-refractivity contribution in [3.8, 4) is 17.2 Å². The zero-order valence-corrected chi connectivity index (χ0v) is 22.4. The minimum absolute atomic E-state index is 0.0000406. The van der Waals surface area contributed by atoms with Gasteiger partial charge in [-0.25, -0.2) is 9.18 Å². The number of likely N-dealkylation sites (N-methyl/N-ethyl adjacent to an activating group) is 1. The van der Waals surface area contributed by atoms with E-state index in [0.717, 1.165) is 12.0 Å². The molecule has 0 saturated carbocycles. The number of nitrogens with one attached hydrogen (secondary N) is 2. The second-order valence-electron chi connectivity index (χ2n) is 9.88. The lowest BCUT2D eigenvalue weighted by Gasteiger charge is -2.25. The Morgan fingerprint density at radius 3 is 2.79 bits per heavy atom. The molecule has 1 aliphatic heterocycles. The fourth-order valence-electron chi connectivity index (χ4n) is 4.48. The Bertz CT molecular complexity index is 1400. The molecular formula is C28H34FN5O5. The van der Waals surface area contributed by atoms with Crippen molar-refractivity contribution < 1.29 is 23.1 Å². The number of hydrogen-bond donors (Lipinski definition) is 2. The van der Waals surface area contributed by atoms with Crippen LogP contribution in [-0.2, 0) is 27.2 Å². The molecule has 4 rings (SSSR count). The Hall–Kier alpha value is -3.56. The van der Waals surface area contributed by atoms with Crippen LogP contribution in [0.5, 0.6) is 0 Å². The second-order valence-corrected chi connectivity index (χ2v) is 9.88. The summed E-state index contributed by atoms with van der Waals surface area (Å²) in [5.41, 5.74) is 2.74. The topological polar surface area (TPSA) is 122 Å². The van der Waals surface area contributed by atoms with Crippen LogP contribution in [0.1, 0.15) is 12.0 Å². The highest BCUT2D eigenvalue weighted by Gasteiger charge is 2.25. The number of nitrogens with zero attached hydrogens (tertiary/aromatic N) is 3. The molecule has 0 bridgehead atoms. The van der Waals surface area contributed by atoms with E-state index in [-0.39, 0.29) is 19.1 Å². The Labute approximate surface area is 226 Å². The van der Waals surface area contributed by atoms with Crippen LogP contribution in [0.2, 0.25) is 0 Å². The molecule has 2 N–H and O–H groups in total. The summed E-state index contributed by atoms with van der Waals surface area (Å²) in [6.45, 7) is 2.40. The summed E-state index contributed by atoms with van der Waals surface area (Å²) in [5, 5.41) is 15.5. The molecule has 1 aliphatic rings. The van der Waals surface area contributed by atoms with Gasteiger partial charge in [-0.2, -0.15) is 5.26 Å². The molecule has 1 fully saturated rings. The number of nitriles is 1. The van der Waals surface area contributed by atoms with E-state index in [4.69, 9.17) is 13.9 Å². The summed E-state index contributed by atoms with van der Waals surface area (Å²) >= 11 is 0. The van der Waals surface area contributed by atoms with Crippen LogP contribution in [0.3, 0.4) is 0 Å². The molecule has 0 aliphatic carbocycles. The van der Waals surface area contributed by atoms with Gasteiger partial charge in [0.1, 0.15) is 18.0 Å². The SMILES string of the molecule is CO[C@@H]1CCNC[C@@H](C(=O)N[C@H](C#N)Cc2ccc(-c3ccc4oc(=O)n(CCN(C)C)c4c3)cc2F)OC1. The minimum Gasteiger partial charge on any atom is -0.408 e. The van der Waals surface area contributed by atoms with Crippen LogP contribution in [0.25, 0.3) is 22.2 Å². The van der Waals surface area contributed by atoms with Gasteiger partial charge in [-0.05, 0) is 62.0 Å². The molecule has 0 spiro atoms. The Kier molecular flexibility index (Phi) is 9.48. The zero-order chi connectivity index (χ0) is 27.9. The summed E-state index contributed by atoms with van der Waals surface area (Å²) in [6, 6.07) is 11.1. The maximum Gasteiger partial charge on any atom is 0.419 e. The van der Waals surface area contributed by atoms with Gasteiger partial charge in [0.25, 0.3) is 5.91 Å². The van der Waals surface area contributed by atoms with E-state index in [1.54, 1.807) is 42.0 Å². The maximum atomic E-state index is 15.2. The predicted molar refractivity (Wildman–Crippen MR) is 144 cm³/mol. The number of amides is 1. The first-order valence-electron chi connectivity index (χ1n) is 12.9. The van der Waals surface area contributed by atoms with Crippen molar-refractivity contribution in [2.24, 2.45) is 0 Å². The molecule has 0 radical (unpaired) electrons. The summed E-state index contributed by atoms with van der Waals surface area (Å²) in [6.07, 6.45) is -0.126. The summed E-state index contributed by atoms with van der Waals surface area (Å²) < 4.78 is 33.1. The normalized spacial score (nSPS) is 18.9. The molecule has 1 amide bonds. The summed E-state index contributed by atoms with van der Waals surface area (Å²) in [4.78, 5) is 27.0. The van der Waals surface area contributed by atoms with E-state index in [9.17, 15) is 14.9 Å². The van der Waals surface area contributed by atoms with E-state index >= 15 is 4.39 Å². The predicted octanol–water partition coefficient (Wildman–Crippen LogP) is 1.91. The van der Waals surface area contributed by atoms with Gasteiger partial charge in [0, 0.05) is 33.2 Å². The van der Waals surface area contributed by atoms with Crippen molar-refractivity contribution in [3.05, 3.63) is 58.3 Å². The van der Waals surface area contributed by atoms with Gasteiger partial charge in [0.05, 0.1) is 24.3 Å². The molecule has 39 heavy (non-hydrogen) atoms. The molecule has 0 unspecified atom stereocenters. The molecular weight excluding hydrogens is 505 g/mol. The number of benzene rings is 2. The Morgan fingerprint density at radius 2 is 2.08 bits per heavy atom. The van der Waals surface area contributed by atoms with Gasteiger partial charge in [-0.15, -0.1) is 0 Å². The minimum atomic E-state index is -0.932. The van der Waals surface area contributed by atoms with Crippen LogP contribution in [0, 0.1) is 17.1 Å². The van der Waals surface area contributed by atoms with Crippen LogP contribution in [0.15, 0.2) is 45.6 Å². The van der Waals surface area contributed by atoms with Crippen molar-refractivity contribution in [2.45, 2.75) is 37.6 Å². The van der Waals surface area contributed by atoms with Crippen LogP contribution < -0.4 is 16.4 Å². The van der Waals surface area contributed by atoms with Crippen molar-refractivity contribution >= 4 is 17.0 Å². The Balaban J connectivity index is 1.46. The molecule has 208 valence electrons. The first-order chi connectivity index (χ1) is 18.8. The number of rotatable bonds is 9. The van der Waals surface area contributed by atoms with E-state index in [1.807, 2.05) is 25.1 Å². The first kappa shape index (κ1) is 28.4. The Morgan fingerprint density at radius 1 is 1.31 bits per heavy atom. The fraction of sp³-hybridized carbons (Fsp3) is 0.464. The molecule has 1 aromatic heterocycles. The fourth-order valence-corrected chi connectivity index (χ4v) is 4.48. The molecule has 11 heteroatoms. The monoisotopic (exact) mass is 539 g/mol. The maximum absolute atomic E-state index is 15.2. The number of aromatic nitrogens is 1. The van der Waals surface area contributed by atoms with Gasteiger partial charge in [0.2, 0.25) is 0 Å². The quantitative estimate of drug-likeness (QED) is 0.423. The standard InChI is InChI=1S/C28H34FN5O5/c1-33(2)10-11-34-24-14-19(6-7-25(24)39-28(34)36)18-4-5-20(23(29)13-18)12-21(15-30)32-27(35)26-16-31-9-8-22(37-3)17-38-26/h4-7,13-14,21-22,26,31H,8-12,16-17H2,1-3H3,(H,32,35)/t21-,22+,26-/m0/s1. The van der Waals surface area contributed by atoms with Crippen LogP contribution in [-0.4, -0.2) is 81.1 Å². The third-order valence-electron chi connectivity index (χ3n) is 6.80. The molecule has 10 nitrogen and oxygen atoms in total. The second kappa shape index (κ2) is 13.0. The zero-order valence-electron chi connectivity index (χ0n) is 22.4. The third kappa shape index (κ3) is 7.10. The number of fused-ring (bicyclic) bond motifs is 1. The van der Waals surface area contributed by atoms with Crippen molar-refractivity contribution in [3.63, 3.8) is 0 Å². The number of halogens is 1. The van der Waals surface area contributed by atoms with Crippen molar-refractivity contribution in [2.75, 3.05) is 47.4 Å².